The van der Waals surface area contributed by atoms with Gasteiger partial charge in [0, 0.05) is 25.2 Å². The van der Waals surface area contributed by atoms with Crippen molar-refractivity contribution < 1.29 is 0 Å². The monoisotopic (exact) mass is 140 g/mol. The normalized spacial score (nSPS) is 22.1. The van der Waals surface area contributed by atoms with Gasteiger partial charge in [0.15, 0.2) is 0 Å². The van der Waals surface area contributed by atoms with E-state index in [-0.39, 0.29) is 0 Å². The van der Waals surface area contributed by atoms with E-state index in [1.54, 1.807) is 0 Å². The molecule has 0 aromatic carbocycles. The van der Waals surface area contributed by atoms with Crippen molar-refractivity contribution in [3.05, 3.63) is 0 Å². The standard InChI is InChI=1S/C8H16N2/c1-4-8(5-2)6-9-10(3)7-8/h6H,4-5,7H2,1-3H3. The molecule has 0 unspecified atom stereocenters. The molecule has 0 atom stereocenters. The molecule has 1 heterocycles. The minimum Gasteiger partial charge on any atom is -0.299 e. The third-order valence-electron chi connectivity index (χ3n) is 2.48. The van der Waals surface area contributed by atoms with Gasteiger partial charge in [-0.05, 0) is 12.8 Å². The second kappa shape index (κ2) is 2.60. The molecule has 0 saturated heterocycles. The quantitative estimate of drug-likeness (QED) is 0.570. The Labute approximate surface area is 62.9 Å². The van der Waals surface area contributed by atoms with Crippen molar-refractivity contribution in [2.75, 3.05) is 13.6 Å². The summed E-state index contributed by atoms with van der Waals surface area (Å²) in [6.45, 7) is 5.56. The molecule has 1 rings (SSSR count). The first-order valence-electron chi connectivity index (χ1n) is 3.99. The Balaban J connectivity index is 2.61. The number of hydrazone groups is 1. The Kier molecular flexibility index (Phi) is 1.97. The molecular formula is C8H16N2. The molecule has 1 aliphatic heterocycles. The van der Waals surface area contributed by atoms with Crippen LogP contribution < -0.4 is 0 Å². The first kappa shape index (κ1) is 7.58. The van der Waals surface area contributed by atoms with Gasteiger partial charge >= 0.3 is 0 Å². The number of nitrogens with zero attached hydrogens (tertiary/aromatic N) is 2. The Morgan fingerprint density at radius 2 is 2.10 bits per heavy atom. The number of rotatable bonds is 2. The molecule has 0 aromatic rings. The average Bonchev–Trinajstić information content (AvgIpc) is 2.33. The van der Waals surface area contributed by atoms with Gasteiger partial charge < -0.3 is 0 Å². The third kappa shape index (κ3) is 1.15. The fourth-order valence-electron chi connectivity index (χ4n) is 1.41. The summed E-state index contributed by atoms with van der Waals surface area (Å²) >= 11 is 0. The van der Waals surface area contributed by atoms with Gasteiger partial charge in [-0.15, -0.1) is 0 Å². The van der Waals surface area contributed by atoms with Crippen LogP contribution in [0.1, 0.15) is 26.7 Å². The van der Waals surface area contributed by atoms with Crippen molar-refractivity contribution in [1.29, 1.82) is 0 Å². The van der Waals surface area contributed by atoms with E-state index in [2.05, 4.69) is 25.2 Å². The van der Waals surface area contributed by atoms with Crippen LogP contribution in [0.25, 0.3) is 0 Å². The van der Waals surface area contributed by atoms with Crippen LogP contribution in [0.15, 0.2) is 5.10 Å². The Morgan fingerprint density at radius 1 is 1.50 bits per heavy atom. The minimum atomic E-state index is 0.384. The summed E-state index contributed by atoms with van der Waals surface area (Å²) in [4.78, 5) is 0. The van der Waals surface area contributed by atoms with Crippen molar-refractivity contribution in [3.8, 4) is 0 Å². The molecule has 2 heteroatoms. The summed E-state index contributed by atoms with van der Waals surface area (Å²) < 4.78 is 0. The zero-order valence-electron chi connectivity index (χ0n) is 7.09. The highest BCUT2D eigenvalue weighted by Crippen LogP contribution is 2.28. The molecule has 0 fully saturated rings. The second-order valence-electron chi connectivity index (χ2n) is 3.13. The van der Waals surface area contributed by atoms with E-state index in [0.717, 1.165) is 6.54 Å². The van der Waals surface area contributed by atoms with Crippen LogP contribution >= 0.6 is 0 Å². The molecule has 1 aliphatic rings. The van der Waals surface area contributed by atoms with E-state index in [1.165, 1.54) is 12.8 Å². The van der Waals surface area contributed by atoms with Gasteiger partial charge in [-0.25, -0.2) is 0 Å². The van der Waals surface area contributed by atoms with Crippen molar-refractivity contribution >= 4 is 6.21 Å². The number of hydrogen-bond donors (Lipinski definition) is 0. The lowest BCUT2D eigenvalue weighted by Crippen LogP contribution is -2.26. The van der Waals surface area contributed by atoms with Crippen LogP contribution in [-0.4, -0.2) is 24.8 Å². The first-order valence-corrected chi connectivity index (χ1v) is 3.99. The fourth-order valence-corrected chi connectivity index (χ4v) is 1.41. The van der Waals surface area contributed by atoms with Crippen LogP contribution in [0.5, 0.6) is 0 Å². The van der Waals surface area contributed by atoms with E-state index < -0.39 is 0 Å². The molecule has 0 aromatic heterocycles. The summed E-state index contributed by atoms with van der Waals surface area (Å²) in [6.07, 6.45) is 4.52. The summed E-state index contributed by atoms with van der Waals surface area (Å²) in [7, 11) is 2.03. The van der Waals surface area contributed by atoms with Gasteiger partial charge in [0.2, 0.25) is 0 Å². The predicted octanol–water partition coefficient (Wildman–Crippen LogP) is 1.72. The topological polar surface area (TPSA) is 15.6 Å². The fraction of sp³-hybridized carbons (Fsp3) is 0.875. The van der Waals surface area contributed by atoms with Gasteiger partial charge in [0.05, 0.1) is 0 Å². The van der Waals surface area contributed by atoms with Gasteiger partial charge in [0.25, 0.3) is 0 Å². The van der Waals surface area contributed by atoms with Gasteiger partial charge in [-0.3, -0.25) is 5.01 Å². The Bertz CT molecular complexity index is 136. The van der Waals surface area contributed by atoms with Crippen LogP contribution in [-0.2, 0) is 0 Å². The highest BCUT2D eigenvalue weighted by atomic mass is 15.5. The zero-order chi connectivity index (χ0) is 7.61. The SMILES string of the molecule is CCC1(CC)C=NN(C)C1. The molecule has 10 heavy (non-hydrogen) atoms. The largest absolute Gasteiger partial charge is 0.299 e. The molecule has 0 N–H and O–H groups in total. The maximum absolute atomic E-state index is 4.24. The Hall–Kier alpha value is -0.530. The first-order chi connectivity index (χ1) is 4.72. The van der Waals surface area contributed by atoms with Gasteiger partial charge in [-0.1, -0.05) is 13.8 Å². The lowest BCUT2D eigenvalue weighted by Gasteiger charge is -2.22. The third-order valence-corrected chi connectivity index (χ3v) is 2.48. The van der Waals surface area contributed by atoms with Crippen LogP contribution in [0.4, 0.5) is 0 Å². The molecule has 0 spiro atoms. The molecule has 0 radical (unpaired) electrons. The van der Waals surface area contributed by atoms with E-state index >= 15 is 0 Å². The van der Waals surface area contributed by atoms with E-state index in [4.69, 9.17) is 0 Å². The zero-order valence-corrected chi connectivity index (χ0v) is 7.09. The molecule has 2 nitrogen and oxygen atoms in total. The number of hydrogen-bond acceptors (Lipinski definition) is 2. The highest BCUT2D eigenvalue weighted by molar-refractivity contribution is 5.67. The maximum atomic E-state index is 4.24. The molecular weight excluding hydrogens is 124 g/mol. The van der Waals surface area contributed by atoms with Crippen LogP contribution in [0.2, 0.25) is 0 Å². The summed E-state index contributed by atoms with van der Waals surface area (Å²) in [6, 6.07) is 0. The second-order valence-corrected chi connectivity index (χ2v) is 3.13. The van der Waals surface area contributed by atoms with Crippen LogP contribution in [0.3, 0.4) is 0 Å². The minimum absolute atomic E-state index is 0.384. The molecule has 58 valence electrons. The molecule has 0 saturated carbocycles. The summed E-state index contributed by atoms with van der Waals surface area (Å²) in [5, 5.41) is 6.26. The van der Waals surface area contributed by atoms with E-state index in [9.17, 15) is 0 Å². The summed E-state index contributed by atoms with van der Waals surface area (Å²) in [5.41, 5.74) is 0.384. The van der Waals surface area contributed by atoms with Crippen LogP contribution in [0, 0.1) is 5.41 Å². The van der Waals surface area contributed by atoms with E-state index in [0.29, 0.717) is 5.41 Å². The summed E-state index contributed by atoms with van der Waals surface area (Å²) in [5.74, 6) is 0. The smallest absolute Gasteiger partial charge is 0.0463 e. The lowest BCUT2D eigenvalue weighted by atomic mass is 9.84. The van der Waals surface area contributed by atoms with Crippen molar-refractivity contribution in [1.82, 2.24) is 5.01 Å². The van der Waals surface area contributed by atoms with Gasteiger partial charge in [0.1, 0.15) is 0 Å². The molecule has 0 bridgehead atoms. The maximum Gasteiger partial charge on any atom is 0.0463 e. The highest BCUT2D eigenvalue weighted by Gasteiger charge is 2.29. The lowest BCUT2D eigenvalue weighted by molar-refractivity contribution is 0.276. The molecule has 0 amide bonds. The van der Waals surface area contributed by atoms with Crippen molar-refractivity contribution in [2.24, 2.45) is 10.5 Å². The predicted molar refractivity (Wildman–Crippen MR) is 44.1 cm³/mol. The van der Waals surface area contributed by atoms with Crippen molar-refractivity contribution in [3.63, 3.8) is 0 Å². The Morgan fingerprint density at radius 3 is 2.30 bits per heavy atom. The van der Waals surface area contributed by atoms with E-state index in [1.807, 2.05) is 12.1 Å². The van der Waals surface area contributed by atoms with Gasteiger partial charge in [-0.2, -0.15) is 5.10 Å². The van der Waals surface area contributed by atoms with Crippen molar-refractivity contribution in [2.45, 2.75) is 26.7 Å². The average molecular weight is 140 g/mol. The molecule has 0 aliphatic carbocycles.